The van der Waals surface area contributed by atoms with Crippen LogP contribution in [-0.4, -0.2) is 67.0 Å². The topological polar surface area (TPSA) is 104 Å². The Kier molecular flexibility index (Phi) is 5.74. The first-order valence-electron chi connectivity index (χ1n) is 9.40. The molecular weight excluding hydrogens is 382 g/mol. The lowest BCUT2D eigenvalue weighted by atomic mass is 10.0. The minimum Gasteiger partial charge on any atom is -0.342 e. The lowest BCUT2D eigenvalue weighted by molar-refractivity contribution is -0.132. The second-order valence-electron chi connectivity index (χ2n) is 7.45. The van der Waals surface area contributed by atoms with Gasteiger partial charge in [0.2, 0.25) is 11.8 Å². The molecule has 2 heterocycles. The van der Waals surface area contributed by atoms with Crippen LogP contribution in [0.25, 0.3) is 0 Å². The van der Waals surface area contributed by atoms with E-state index in [1.165, 1.54) is 4.90 Å². The van der Waals surface area contributed by atoms with Gasteiger partial charge in [0.1, 0.15) is 0 Å². The summed E-state index contributed by atoms with van der Waals surface area (Å²) in [4.78, 5) is 39.4. The number of urea groups is 1. The molecule has 2 aliphatic rings. The summed E-state index contributed by atoms with van der Waals surface area (Å²) >= 11 is 0. The quantitative estimate of drug-likeness (QED) is 0.732. The molecule has 0 atom stereocenters. The molecule has 0 spiro atoms. The zero-order chi connectivity index (χ0) is 20.5. The molecule has 1 N–H and O–H groups in total. The zero-order valence-corrected chi connectivity index (χ0v) is 16.9. The van der Waals surface area contributed by atoms with Crippen molar-refractivity contribution in [2.24, 2.45) is 0 Å². The van der Waals surface area contributed by atoms with Crippen LogP contribution in [0.15, 0.2) is 29.2 Å². The standard InChI is InChI=1S/C19H25N3O5S/c1-13(2)28(26,27)16-5-3-14(4-6-16)11-17(23)21-9-7-15(8-10-21)22-18(24)12-20-19(22)25/h3-6,13,15H,7-12H2,1-2H3,(H,20,25). The van der Waals surface area contributed by atoms with Gasteiger partial charge in [0.05, 0.1) is 23.1 Å². The maximum atomic E-state index is 12.6. The molecule has 3 rings (SSSR count). The van der Waals surface area contributed by atoms with Crippen molar-refractivity contribution < 1.29 is 22.8 Å². The third-order valence-corrected chi connectivity index (χ3v) is 7.46. The van der Waals surface area contributed by atoms with Gasteiger partial charge >= 0.3 is 6.03 Å². The van der Waals surface area contributed by atoms with Gasteiger partial charge in [-0.05, 0) is 44.4 Å². The molecule has 152 valence electrons. The van der Waals surface area contributed by atoms with Gasteiger partial charge in [0.25, 0.3) is 0 Å². The summed E-state index contributed by atoms with van der Waals surface area (Å²) in [5.41, 5.74) is 0.754. The van der Waals surface area contributed by atoms with Gasteiger partial charge in [0, 0.05) is 19.1 Å². The number of likely N-dealkylation sites (tertiary alicyclic amines) is 1. The Morgan fingerprint density at radius 1 is 1.14 bits per heavy atom. The van der Waals surface area contributed by atoms with Gasteiger partial charge in [-0.3, -0.25) is 14.5 Å². The third kappa shape index (κ3) is 4.04. The van der Waals surface area contributed by atoms with Crippen molar-refractivity contribution in [3.05, 3.63) is 29.8 Å². The average Bonchev–Trinajstić information content (AvgIpc) is 3.00. The summed E-state index contributed by atoms with van der Waals surface area (Å²) < 4.78 is 24.3. The fourth-order valence-corrected chi connectivity index (χ4v) is 4.59. The molecule has 28 heavy (non-hydrogen) atoms. The molecule has 0 saturated carbocycles. The first-order chi connectivity index (χ1) is 13.2. The number of carbonyl (C=O) groups is 3. The Morgan fingerprint density at radius 2 is 1.75 bits per heavy atom. The predicted molar refractivity (Wildman–Crippen MR) is 102 cm³/mol. The minimum absolute atomic E-state index is 0.0422. The van der Waals surface area contributed by atoms with E-state index in [2.05, 4.69) is 5.32 Å². The number of hydrogen-bond donors (Lipinski definition) is 1. The summed E-state index contributed by atoms with van der Waals surface area (Å²) in [6, 6.07) is 5.91. The van der Waals surface area contributed by atoms with E-state index in [1.54, 1.807) is 43.0 Å². The lowest BCUT2D eigenvalue weighted by Crippen LogP contribution is -2.49. The van der Waals surface area contributed by atoms with Crippen LogP contribution in [0, 0.1) is 0 Å². The molecule has 2 aliphatic heterocycles. The smallest absolute Gasteiger partial charge is 0.324 e. The Hall–Kier alpha value is -2.42. The van der Waals surface area contributed by atoms with E-state index in [0.717, 1.165) is 5.56 Å². The minimum atomic E-state index is -3.33. The highest BCUT2D eigenvalue weighted by Crippen LogP contribution is 2.21. The molecule has 8 nitrogen and oxygen atoms in total. The van der Waals surface area contributed by atoms with E-state index in [0.29, 0.717) is 25.9 Å². The number of imide groups is 1. The predicted octanol–water partition coefficient (Wildman–Crippen LogP) is 0.954. The van der Waals surface area contributed by atoms with Crippen LogP contribution in [0.2, 0.25) is 0 Å². The second kappa shape index (κ2) is 7.90. The van der Waals surface area contributed by atoms with Crippen molar-refractivity contribution in [2.45, 2.75) is 49.3 Å². The lowest BCUT2D eigenvalue weighted by Gasteiger charge is -2.35. The molecule has 2 saturated heterocycles. The van der Waals surface area contributed by atoms with Crippen LogP contribution in [0.3, 0.4) is 0 Å². The van der Waals surface area contributed by atoms with E-state index in [4.69, 9.17) is 0 Å². The van der Waals surface area contributed by atoms with E-state index in [1.807, 2.05) is 0 Å². The Balaban J connectivity index is 1.56. The van der Waals surface area contributed by atoms with Crippen LogP contribution in [-0.2, 0) is 25.8 Å². The zero-order valence-electron chi connectivity index (χ0n) is 16.1. The molecule has 0 bridgehead atoms. The number of benzene rings is 1. The van der Waals surface area contributed by atoms with Crippen LogP contribution < -0.4 is 5.32 Å². The van der Waals surface area contributed by atoms with E-state index >= 15 is 0 Å². The highest BCUT2D eigenvalue weighted by Gasteiger charge is 2.37. The maximum Gasteiger partial charge on any atom is 0.324 e. The van der Waals surface area contributed by atoms with Crippen molar-refractivity contribution in [3.8, 4) is 0 Å². The molecule has 0 radical (unpaired) electrons. The highest BCUT2D eigenvalue weighted by atomic mass is 32.2. The number of carbonyl (C=O) groups excluding carboxylic acids is 3. The number of nitrogens with one attached hydrogen (secondary N) is 1. The summed E-state index contributed by atoms with van der Waals surface area (Å²) in [5, 5.41) is 2.02. The number of amides is 4. The molecule has 0 unspecified atom stereocenters. The third-order valence-electron chi connectivity index (χ3n) is 5.29. The van der Waals surface area contributed by atoms with Crippen LogP contribution in [0.1, 0.15) is 32.3 Å². The number of rotatable bonds is 5. The van der Waals surface area contributed by atoms with Gasteiger partial charge in [-0.15, -0.1) is 0 Å². The van der Waals surface area contributed by atoms with Gasteiger partial charge in [-0.25, -0.2) is 13.2 Å². The molecule has 0 aliphatic carbocycles. The normalized spacial score (nSPS) is 18.7. The maximum absolute atomic E-state index is 12.6. The molecular formula is C19H25N3O5S. The number of sulfone groups is 1. The van der Waals surface area contributed by atoms with E-state index in [9.17, 15) is 22.8 Å². The van der Waals surface area contributed by atoms with Crippen LogP contribution in [0.5, 0.6) is 0 Å². The number of piperidine rings is 1. The molecule has 1 aromatic carbocycles. The van der Waals surface area contributed by atoms with Crippen molar-refractivity contribution in [2.75, 3.05) is 19.6 Å². The van der Waals surface area contributed by atoms with Crippen LogP contribution in [0.4, 0.5) is 4.79 Å². The summed E-state index contributed by atoms with van der Waals surface area (Å²) in [6.45, 7) is 4.28. The fourth-order valence-electron chi connectivity index (χ4n) is 3.53. The molecule has 1 aromatic rings. The van der Waals surface area contributed by atoms with Gasteiger partial charge < -0.3 is 10.2 Å². The van der Waals surface area contributed by atoms with Crippen molar-refractivity contribution >= 4 is 27.7 Å². The number of hydrogen-bond acceptors (Lipinski definition) is 5. The highest BCUT2D eigenvalue weighted by molar-refractivity contribution is 7.92. The summed E-state index contributed by atoms with van der Waals surface area (Å²) in [6.07, 6.45) is 1.32. The Bertz CT molecular complexity index is 855. The van der Waals surface area contributed by atoms with E-state index < -0.39 is 15.1 Å². The van der Waals surface area contributed by atoms with Crippen molar-refractivity contribution in [3.63, 3.8) is 0 Å². The van der Waals surface area contributed by atoms with E-state index in [-0.39, 0.29) is 41.7 Å². The van der Waals surface area contributed by atoms with Gasteiger partial charge in [0.15, 0.2) is 9.84 Å². The average molecular weight is 407 g/mol. The Labute approximate surface area is 164 Å². The first kappa shape index (κ1) is 20.3. The van der Waals surface area contributed by atoms with Crippen molar-refractivity contribution in [1.82, 2.24) is 15.1 Å². The number of nitrogens with zero attached hydrogens (tertiary/aromatic N) is 2. The SMILES string of the molecule is CC(C)S(=O)(=O)c1ccc(CC(=O)N2CCC(N3C(=O)CNC3=O)CC2)cc1. The first-order valence-corrected chi connectivity index (χ1v) is 11.0. The molecule has 0 aromatic heterocycles. The largest absolute Gasteiger partial charge is 0.342 e. The van der Waals surface area contributed by atoms with Gasteiger partial charge in [-0.2, -0.15) is 0 Å². The fraction of sp³-hybridized carbons (Fsp3) is 0.526. The molecule has 2 fully saturated rings. The van der Waals surface area contributed by atoms with Gasteiger partial charge in [-0.1, -0.05) is 12.1 Å². The Morgan fingerprint density at radius 3 is 2.25 bits per heavy atom. The van der Waals surface area contributed by atoms with Crippen LogP contribution >= 0.6 is 0 Å². The monoisotopic (exact) mass is 407 g/mol. The molecule has 9 heteroatoms. The summed E-state index contributed by atoms with van der Waals surface area (Å²) in [5.74, 6) is -0.263. The second-order valence-corrected chi connectivity index (χ2v) is 9.95. The summed E-state index contributed by atoms with van der Waals surface area (Å²) in [7, 11) is -3.33. The molecule has 4 amide bonds. The van der Waals surface area contributed by atoms with Crippen molar-refractivity contribution in [1.29, 1.82) is 0 Å².